The van der Waals surface area contributed by atoms with Gasteiger partial charge in [-0.15, -0.1) is 0 Å². The molecule has 5 heteroatoms. The van der Waals surface area contributed by atoms with E-state index < -0.39 is 17.9 Å². The SMILES string of the molecule is COCc1ccc(F)c(C2OCCCO2)c1F. The summed E-state index contributed by atoms with van der Waals surface area (Å²) in [5.41, 5.74) is 0.126. The molecule has 0 radical (unpaired) electrons. The summed E-state index contributed by atoms with van der Waals surface area (Å²) in [6, 6.07) is 2.56. The topological polar surface area (TPSA) is 27.7 Å². The molecule has 2 rings (SSSR count). The summed E-state index contributed by atoms with van der Waals surface area (Å²) in [6.45, 7) is 0.974. The van der Waals surface area contributed by atoms with E-state index in [0.29, 0.717) is 18.8 Å². The fraction of sp³-hybridized carbons (Fsp3) is 0.500. The Bertz CT molecular complexity index is 390. The third kappa shape index (κ3) is 2.62. The molecule has 0 N–H and O–H groups in total. The van der Waals surface area contributed by atoms with Gasteiger partial charge in [-0.2, -0.15) is 0 Å². The van der Waals surface area contributed by atoms with Crippen LogP contribution in [-0.2, 0) is 20.8 Å². The quantitative estimate of drug-likeness (QED) is 0.817. The van der Waals surface area contributed by atoms with Crippen molar-refractivity contribution >= 4 is 0 Å². The molecule has 1 saturated heterocycles. The molecule has 94 valence electrons. The first-order valence-electron chi connectivity index (χ1n) is 5.43. The Hall–Kier alpha value is -1.04. The summed E-state index contributed by atoms with van der Waals surface area (Å²) in [5, 5.41) is 0. The number of hydrogen-bond donors (Lipinski definition) is 0. The lowest BCUT2D eigenvalue weighted by Gasteiger charge is -2.24. The van der Waals surface area contributed by atoms with Crippen LogP contribution >= 0.6 is 0 Å². The summed E-state index contributed by atoms with van der Waals surface area (Å²) in [7, 11) is 1.45. The maximum Gasteiger partial charge on any atom is 0.189 e. The summed E-state index contributed by atoms with van der Waals surface area (Å²) < 4.78 is 42.9. The van der Waals surface area contributed by atoms with Crippen LogP contribution in [0.15, 0.2) is 12.1 Å². The molecular formula is C12H14F2O3. The van der Waals surface area contributed by atoms with Crippen molar-refractivity contribution in [3.8, 4) is 0 Å². The van der Waals surface area contributed by atoms with Crippen LogP contribution in [0.2, 0.25) is 0 Å². The van der Waals surface area contributed by atoms with Gasteiger partial charge in [0.25, 0.3) is 0 Å². The zero-order valence-electron chi connectivity index (χ0n) is 9.54. The van der Waals surface area contributed by atoms with Crippen molar-refractivity contribution < 1.29 is 23.0 Å². The molecular weight excluding hydrogens is 230 g/mol. The Morgan fingerprint density at radius 3 is 2.65 bits per heavy atom. The van der Waals surface area contributed by atoms with Crippen molar-refractivity contribution in [2.24, 2.45) is 0 Å². The molecule has 1 aliphatic rings. The van der Waals surface area contributed by atoms with Gasteiger partial charge in [0, 0.05) is 12.7 Å². The summed E-state index contributed by atoms with van der Waals surface area (Å²) in [4.78, 5) is 0. The molecule has 1 aromatic rings. The number of rotatable bonds is 3. The maximum absolute atomic E-state index is 14.0. The molecule has 17 heavy (non-hydrogen) atoms. The second kappa shape index (κ2) is 5.53. The Morgan fingerprint density at radius 1 is 1.29 bits per heavy atom. The molecule has 1 heterocycles. The van der Waals surface area contributed by atoms with Crippen molar-refractivity contribution in [2.75, 3.05) is 20.3 Å². The van der Waals surface area contributed by atoms with Gasteiger partial charge >= 0.3 is 0 Å². The minimum absolute atomic E-state index is 0.0891. The van der Waals surface area contributed by atoms with E-state index >= 15 is 0 Å². The van der Waals surface area contributed by atoms with Gasteiger partial charge in [0.05, 0.1) is 25.4 Å². The van der Waals surface area contributed by atoms with Crippen LogP contribution in [0.3, 0.4) is 0 Å². The molecule has 1 fully saturated rings. The van der Waals surface area contributed by atoms with E-state index in [-0.39, 0.29) is 12.2 Å². The van der Waals surface area contributed by atoms with Gasteiger partial charge in [-0.05, 0) is 12.5 Å². The first-order valence-corrected chi connectivity index (χ1v) is 5.43. The van der Waals surface area contributed by atoms with Crippen LogP contribution in [0.1, 0.15) is 23.8 Å². The summed E-state index contributed by atoms with van der Waals surface area (Å²) in [6.07, 6.45) is -0.224. The van der Waals surface area contributed by atoms with E-state index in [2.05, 4.69) is 0 Å². The number of hydrogen-bond acceptors (Lipinski definition) is 3. The highest BCUT2D eigenvalue weighted by molar-refractivity contribution is 5.28. The molecule has 0 unspecified atom stereocenters. The van der Waals surface area contributed by atoms with Gasteiger partial charge < -0.3 is 14.2 Å². The average Bonchev–Trinajstić information content (AvgIpc) is 2.35. The van der Waals surface area contributed by atoms with Gasteiger partial charge in [0.2, 0.25) is 0 Å². The average molecular weight is 244 g/mol. The fourth-order valence-corrected chi connectivity index (χ4v) is 1.75. The van der Waals surface area contributed by atoms with E-state index in [1.165, 1.54) is 19.2 Å². The summed E-state index contributed by atoms with van der Waals surface area (Å²) >= 11 is 0. The van der Waals surface area contributed by atoms with Gasteiger partial charge in [-0.3, -0.25) is 0 Å². The van der Waals surface area contributed by atoms with Crippen LogP contribution in [0.5, 0.6) is 0 Å². The number of methoxy groups -OCH3 is 1. The second-order valence-electron chi connectivity index (χ2n) is 3.79. The molecule has 0 aliphatic carbocycles. The fourth-order valence-electron chi connectivity index (χ4n) is 1.75. The van der Waals surface area contributed by atoms with E-state index in [1.54, 1.807) is 0 Å². The molecule has 0 spiro atoms. The minimum Gasteiger partial charge on any atom is -0.380 e. The molecule has 0 saturated carbocycles. The van der Waals surface area contributed by atoms with Gasteiger partial charge in [-0.25, -0.2) is 8.78 Å². The number of ether oxygens (including phenoxy) is 3. The monoisotopic (exact) mass is 244 g/mol. The predicted octanol–water partition coefficient (Wildman–Crippen LogP) is 2.55. The van der Waals surface area contributed by atoms with Crippen LogP contribution in [0.4, 0.5) is 8.78 Å². The molecule has 3 nitrogen and oxygen atoms in total. The van der Waals surface area contributed by atoms with Gasteiger partial charge in [0.15, 0.2) is 6.29 Å². The first kappa shape index (κ1) is 12.4. The Labute approximate surface area is 98.3 Å². The van der Waals surface area contributed by atoms with Crippen molar-refractivity contribution in [3.63, 3.8) is 0 Å². The van der Waals surface area contributed by atoms with E-state index in [1.807, 2.05) is 0 Å². The Kier molecular flexibility index (Phi) is 4.04. The Balaban J connectivity index is 2.33. The third-order valence-electron chi connectivity index (χ3n) is 2.57. The third-order valence-corrected chi connectivity index (χ3v) is 2.57. The number of benzene rings is 1. The lowest BCUT2D eigenvalue weighted by Crippen LogP contribution is -2.20. The van der Waals surface area contributed by atoms with Crippen molar-refractivity contribution in [3.05, 3.63) is 34.9 Å². The van der Waals surface area contributed by atoms with E-state index in [4.69, 9.17) is 14.2 Å². The van der Waals surface area contributed by atoms with Crippen molar-refractivity contribution in [2.45, 2.75) is 19.3 Å². The molecule has 1 aliphatic heterocycles. The molecule has 0 bridgehead atoms. The smallest absolute Gasteiger partial charge is 0.189 e. The second-order valence-corrected chi connectivity index (χ2v) is 3.79. The van der Waals surface area contributed by atoms with Crippen LogP contribution in [-0.4, -0.2) is 20.3 Å². The van der Waals surface area contributed by atoms with Crippen LogP contribution < -0.4 is 0 Å². The number of halogens is 2. The molecule has 1 aromatic carbocycles. The normalized spacial score (nSPS) is 17.4. The minimum atomic E-state index is -0.958. The zero-order valence-corrected chi connectivity index (χ0v) is 9.54. The highest BCUT2D eigenvalue weighted by atomic mass is 19.1. The van der Waals surface area contributed by atoms with Gasteiger partial charge in [-0.1, -0.05) is 6.07 Å². The lowest BCUT2D eigenvalue weighted by molar-refractivity contribution is -0.185. The standard InChI is InChI=1S/C12H14F2O3/c1-15-7-8-3-4-9(13)10(11(8)14)12-16-5-2-6-17-12/h3-4,12H,2,5-7H2,1H3. The highest BCUT2D eigenvalue weighted by Crippen LogP contribution is 2.29. The van der Waals surface area contributed by atoms with Crippen LogP contribution in [0.25, 0.3) is 0 Å². The van der Waals surface area contributed by atoms with E-state index in [9.17, 15) is 8.78 Å². The molecule has 0 atom stereocenters. The van der Waals surface area contributed by atoms with Gasteiger partial charge in [0.1, 0.15) is 11.6 Å². The first-order chi connectivity index (χ1) is 8.24. The van der Waals surface area contributed by atoms with Crippen molar-refractivity contribution in [1.29, 1.82) is 0 Å². The largest absolute Gasteiger partial charge is 0.380 e. The lowest BCUT2D eigenvalue weighted by atomic mass is 10.1. The zero-order chi connectivity index (χ0) is 12.3. The molecule has 0 amide bonds. The Morgan fingerprint density at radius 2 is 2.00 bits per heavy atom. The predicted molar refractivity (Wildman–Crippen MR) is 56.3 cm³/mol. The van der Waals surface area contributed by atoms with E-state index in [0.717, 1.165) is 6.42 Å². The maximum atomic E-state index is 14.0. The summed E-state index contributed by atoms with van der Waals surface area (Å²) in [5.74, 6) is -1.31. The van der Waals surface area contributed by atoms with Crippen molar-refractivity contribution in [1.82, 2.24) is 0 Å². The van der Waals surface area contributed by atoms with Crippen LogP contribution in [0, 0.1) is 11.6 Å². The highest BCUT2D eigenvalue weighted by Gasteiger charge is 2.25. The molecule has 0 aromatic heterocycles.